The predicted octanol–water partition coefficient (Wildman–Crippen LogP) is 2.37. The maximum absolute atomic E-state index is 11.9. The van der Waals surface area contributed by atoms with Crippen LogP contribution in [0.4, 0.5) is 4.79 Å². The van der Waals surface area contributed by atoms with Gasteiger partial charge in [0.25, 0.3) is 0 Å². The van der Waals surface area contributed by atoms with E-state index in [-0.39, 0.29) is 11.8 Å². The predicted molar refractivity (Wildman–Crippen MR) is 75.2 cm³/mol. The molecule has 0 spiro atoms. The minimum atomic E-state index is -0.0143. The highest BCUT2D eigenvalue weighted by atomic mass is 16.3. The maximum atomic E-state index is 11.9. The molecule has 0 aliphatic heterocycles. The number of phenolic OH excluding ortho intramolecular Hbond substituents is 1. The largest absolute Gasteiger partial charge is 0.508 e. The van der Waals surface area contributed by atoms with Crippen LogP contribution < -0.4 is 5.32 Å². The van der Waals surface area contributed by atoms with Gasteiger partial charge < -0.3 is 15.3 Å². The number of hydrogen-bond donors (Lipinski definition) is 2. The van der Waals surface area contributed by atoms with Gasteiger partial charge in [-0.15, -0.1) is 0 Å². The van der Waals surface area contributed by atoms with Crippen LogP contribution in [0, 0.1) is 5.92 Å². The van der Waals surface area contributed by atoms with Crippen molar-refractivity contribution in [3.8, 4) is 5.75 Å². The molecule has 1 saturated carbocycles. The van der Waals surface area contributed by atoms with E-state index in [9.17, 15) is 9.90 Å². The van der Waals surface area contributed by atoms with Crippen molar-refractivity contribution in [1.82, 2.24) is 10.2 Å². The molecule has 1 aliphatic rings. The molecular weight excluding hydrogens is 240 g/mol. The second-order valence-electron chi connectivity index (χ2n) is 5.34. The van der Waals surface area contributed by atoms with Crippen molar-refractivity contribution in [2.75, 3.05) is 13.6 Å². The number of benzene rings is 1. The van der Waals surface area contributed by atoms with Crippen molar-refractivity contribution in [3.05, 3.63) is 29.8 Å². The molecule has 0 saturated heterocycles. The molecule has 2 amide bonds. The van der Waals surface area contributed by atoms with Gasteiger partial charge in [-0.05, 0) is 49.8 Å². The van der Waals surface area contributed by atoms with E-state index in [1.54, 1.807) is 17.0 Å². The molecule has 0 aromatic heterocycles. The fraction of sp³-hybridized carbons (Fsp3) is 0.533. The number of urea groups is 1. The molecule has 1 aromatic rings. The van der Waals surface area contributed by atoms with Crippen LogP contribution in [0.15, 0.2) is 24.3 Å². The number of phenols is 1. The zero-order chi connectivity index (χ0) is 13.8. The summed E-state index contributed by atoms with van der Waals surface area (Å²) in [6.45, 7) is 2.69. The first-order valence-corrected chi connectivity index (χ1v) is 6.86. The third kappa shape index (κ3) is 3.88. The first-order chi connectivity index (χ1) is 9.08. The molecule has 1 fully saturated rings. The minimum Gasteiger partial charge on any atom is -0.508 e. The first-order valence-electron chi connectivity index (χ1n) is 6.86. The molecule has 19 heavy (non-hydrogen) atoms. The van der Waals surface area contributed by atoms with E-state index >= 15 is 0 Å². The smallest absolute Gasteiger partial charge is 0.317 e. The summed E-state index contributed by atoms with van der Waals surface area (Å²) in [5.74, 6) is 0.949. The van der Waals surface area contributed by atoms with Crippen molar-refractivity contribution in [3.63, 3.8) is 0 Å². The van der Waals surface area contributed by atoms with Gasteiger partial charge in [-0.2, -0.15) is 0 Å². The van der Waals surface area contributed by atoms with Crippen LogP contribution >= 0.6 is 0 Å². The van der Waals surface area contributed by atoms with Crippen molar-refractivity contribution in [2.45, 2.75) is 32.2 Å². The lowest BCUT2D eigenvalue weighted by molar-refractivity contribution is 0.188. The molecule has 1 aromatic carbocycles. The number of carbonyl (C=O) groups excluding carboxylic acids is 1. The number of carbonyl (C=O) groups is 1. The molecule has 4 heteroatoms. The van der Waals surface area contributed by atoms with Gasteiger partial charge in [-0.3, -0.25) is 0 Å². The third-order valence-corrected chi connectivity index (χ3v) is 3.84. The van der Waals surface area contributed by atoms with E-state index in [1.807, 2.05) is 19.2 Å². The van der Waals surface area contributed by atoms with Gasteiger partial charge in [0, 0.05) is 19.6 Å². The lowest BCUT2D eigenvalue weighted by Crippen LogP contribution is -2.43. The third-order valence-electron chi connectivity index (χ3n) is 3.84. The number of nitrogens with zero attached hydrogens (tertiary/aromatic N) is 1. The van der Waals surface area contributed by atoms with Crippen LogP contribution in [-0.4, -0.2) is 35.7 Å². The standard InChI is InChI=1S/C15H22N2O2/c1-11(13-6-7-13)17(2)15(19)16-9-8-12-4-3-5-14(18)10-12/h3-5,10-11,13,18H,6-9H2,1-2H3,(H,16,19)/t11-/m1/s1. The van der Waals surface area contributed by atoms with Crippen LogP contribution in [0.5, 0.6) is 5.75 Å². The molecule has 4 nitrogen and oxygen atoms in total. The Morgan fingerprint density at radius 3 is 2.89 bits per heavy atom. The average Bonchev–Trinajstić information content (AvgIpc) is 3.21. The van der Waals surface area contributed by atoms with E-state index in [4.69, 9.17) is 0 Å². The molecule has 1 atom stereocenters. The summed E-state index contributed by atoms with van der Waals surface area (Å²) in [4.78, 5) is 13.7. The summed E-state index contributed by atoms with van der Waals surface area (Å²) in [5, 5.41) is 12.3. The van der Waals surface area contributed by atoms with Crippen LogP contribution in [0.1, 0.15) is 25.3 Å². The van der Waals surface area contributed by atoms with Gasteiger partial charge in [0.2, 0.25) is 0 Å². The van der Waals surface area contributed by atoms with Crippen molar-refractivity contribution in [2.24, 2.45) is 5.92 Å². The Labute approximate surface area is 114 Å². The quantitative estimate of drug-likeness (QED) is 0.856. The Morgan fingerprint density at radius 2 is 2.26 bits per heavy atom. The summed E-state index contributed by atoms with van der Waals surface area (Å²) < 4.78 is 0. The molecule has 0 radical (unpaired) electrons. The topological polar surface area (TPSA) is 52.6 Å². The Hall–Kier alpha value is -1.71. The monoisotopic (exact) mass is 262 g/mol. The van der Waals surface area contributed by atoms with Crippen LogP contribution in [0.25, 0.3) is 0 Å². The zero-order valence-corrected chi connectivity index (χ0v) is 11.6. The lowest BCUT2D eigenvalue weighted by atomic mass is 10.1. The van der Waals surface area contributed by atoms with Gasteiger partial charge in [0.1, 0.15) is 5.75 Å². The number of amides is 2. The molecule has 0 bridgehead atoms. The molecule has 2 N–H and O–H groups in total. The highest BCUT2D eigenvalue weighted by molar-refractivity contribution is 5.74. The van der Waals surface area contributed by atoms with E-state index in [0.717, 1.165) is 12.0 Å². The molecule has 104 valence electrons. The molecule has 2 rings (SSSR count). The molecule has 0 heterocycles. The normalized spacial score (nSPS) is 15.9. The van der Waals surface area contributed by atoms with E-state index in [1.165, 1.54) is 12.8 Å². The van der Waals surface area contributed by atoms with E-state index in [2.05, 4.69) is 12.2 Å². The Balaban J connectivity index is 1.74. The zero-order valence-electron chi connectivity index (χ0n) is 11.6. The lowest BCUT2D eigenvalue weighted by Gasteiger charge is -2.25. The summed E-state index contributed by atoms with van der Waals surface area (Å²) in [6, 6.07) is 7.44. The SMILES string of the molecule is C[C@H](C1CC1)N(C)C(=O)NCCc1cccc(O)c1. The van der Waals surface area contributed by atoms with Crippen LogP contribution in [0.3, 0.4) is 0 Å². The molecule has 0 unspecified atom stereocenters. The summed E-state index contributed by atoms with van der Waals surface area (Å²) >= 11 is 0. The second kappa shape index (κ2) is 5.95. The number of rotatable bonds is 5. The number of nitrogens with one attached hydrogen (secondary N) is 1. The number of hydrogen-bond acceptors (Lipinski definition) is 2. The van der Waals surface area contributed by atoms with Gasteiger partial charge in [0.15, 0.2) is 0 Å². The Kier molecular flexibility index (Phi) is 4.30. The second-order valence-corrected chi connectivity index (χ2v) is 5.34. The summed E-state index contributed by atoms with van der Waals surface area (Å²) in [6.07, 6.45) is 3.20. The van der Waals surface area contributed by atoms with Gasteiger partial charge in [-0.1, -0.05) is 12.1 Å². The Morgan fingerprint density at radius 1 is 1.53 bits per heavy atom. The van der Waals surface area contributed by atoms with E-state index < -0.39 is 0 Å². The van der Waals surface area contributed by atoms with Gasteiger partial charge in [0.05, 0.1) is 0 Å². The first kappa shape index (κ1) is 13.7. The minimum absolute atomic E-state index is 0.0143. The fourth-order valence-electron chi connectivity index (χ4n) is 2.23. The van der Waals surface area contributed by atoms with Crippen LogP contribution in [-0.2, 0) is 6.42 Å². The van der Waals surface area contributed by atoms with Crippen molar-refractivity contribution in [1.29, 1.82) is 0 Å². The summed E-state index contributed by atoms with van der Waals surface area (Å²) in [7, 11) is 1.85. The summed E-state index contributed by atoms with van der Waals surface area (Å²) in [5.41, 5.74) is 1.03. The molecule has 1 aliphatic carbocycles. The Bertz CT molecular complexity index is 444. The molecular formula is C15H22N2O2. The van der Waals surface area contributed by atoms with Gasteiger partial charge >= 0.3 is 6.03 Å². The van der Waals surface area contributed by atoms with Gasteiger partial charge in [-0.25, -0.2) is 4.79 Å². The number of aromatic hydroxyl groups is 1. The van der Waals surface area contributed by atoms with Crippen LogP contribution in [0.2, 0.25) is 0 Å². The van der Waals surface area contributed by atoms with Crippen molar-refractivity contribution < 1.29 is 9.90 Å². The highest BCUT2D eigenvalue weighted by Crippen LogP contribution is 2.34. The fourth-order valence-corrected chi connectivity index (χ4v) is 2.23. The maximum Gasteiger partial charge on any atom is 0.317 e. The highest BCUT2D eigenvalue weighted by Gasteiger charge is 2.32. The average molecular weight is 262 g/mol. The van der Waals surface area contributed by atoms with E-state index in [0.29, 0.717) is 18.5 Å². The van der Waals surface area contributed by atoms with Crippen molar-refractivity contribution >= 4 is 6.03 Å².